The number of rotatable bonds is 4. The molecule has 1 aliphatic carbocycles. The van der Waals surface area contributed by atoms with E-state index in [0.29, 0.717) is 54.5 Å². The van der Waals surface area contributed by atoms with E-state index < -0.39 is 5.92 Å². The number of allylic oxidation sites excluding steroid dienone is 3. The minimum atomic E-state index is -0.508. The summed E-state index contributed by atoms with van der Waals surface area (Å²) in [4.78, 5) is 15.2. The van der Waals surface area contributed by atoms with Crippen LogP contribution in [0.15, 0.2) is 40.9 Å². The Morgan fingerprint density at radius 2 is 2.07 bits per heavy atom. The van der Waals surface area contributed by atoms with Crippen molar-refractivity contribution < 1.29 is 19.0 Å². The average molecular weight is 395 g/mol. The Morgan fingerprint density at radius 1 is 1.31 bits per heavy atom. The number of hydrogen-bond donors (Lipinski definition) is 1. The Balaban J connectivity index is 1.89. The molecule has 1 atom stereocenters. The van der Waals surface area contributed by atoms with Gasteiger partial charge in [-0.3, -0.25) is 4.79 Å². The van der Waals surface area contributed by atoms with E-state index in [1.165, 1.54) is 0 Å². The molecule has 0 aromatic heterocycles. The SMILES string of the molecule is COCCN1C(N)=C(C#N)[C@@H](c2ccc3c(c2)OCO3)C2=C1CC(C)(C)CC2=O. The molecule has 0 saturated heterocycles. The molecular formula is C22H25N3O4. The standard InChI is InChI=1S/C22H25N3O4/c1-22(2)9-15-20(16(26)10-22)19(13-4-5-17-18(8-13)29-12-28-17)14(11-23)21(24)25(15)6-7-27-3/h4-5,8,19H,6-7,9-10,12,24H2,1-3H3/t19-/m1/s1. The molecule has 152 valence electrons. The van der Waals surface area contributed by atoms with Crippen LogP contribution in [-0.4, -0.2) is 37.7 Å². The first kappa shape index (κ1) is 19.3. The number of nitrogens with two attached hydrogens (primary N) is 1. The number of nitriles is 1. The molecule has 29 heavy (non-hydrogen) atoms. The normalized spacial score (nSPS) is 22.6. The summed E-state index contributed by atoms with van der Waals surface area (Å²) in [5, 5.41) is 9.97. The van der Waals surface area contributed by atoms with Gasteiger partial charge in [-0.15, -0.1) is 0 Å². The van der Waals surface area contributed by atoms with Crippen molar-refractivity contribution in [1.29, 1.82) is 5.26 Å². The van der Waals surface area contributed by atoms with Crippen LogP contribution in [0.4, 0.5) is 0 Å². The van der Waals surface area contributed by atoms with Gasteiger partial charge in [0, 0.05) is 31.3 Å². The van der Waals surface area contributed by atoms with Gasteiger partial charge in [0.1, 0.15) is 5.82 Å². The van der Waals surface area contributed by atoms with E-state index in [4.69, 9.17) is 19.9 Å². The highest BCUT2D eigenvalue weighted by molar-refractivity contribution is 6.00. The van der Waals surface area contributed by atoms with Crippen LogP contribution in [0.25, 0.3) is 0 Å². The second-order valence-corrected chi connectivity index (χ2v) is 8.40. The van der Waals surface area contributed by atoms with Crippen molar-refractivity contribution in [2.45, 2.75) is 32.6 Å². The molecule has 2 heterocycles. The predicted octanol–water partition coefficient (Wildman–Crippen LogP) is 2.80. The van der Waals surface area contributed by atoms with Crippen LogP contribution in [0.1, 0.15) is 38.2 Å². The van der Waals surface area contributed by atoms with Gasteiger partial charge in [-0.25, -0.2) is 0 Å². The second kappa shape index (κ2) is 7.12. The van der Waals surface area contributed by atoms with Crippen LogP contribution in [0, 0.1) is 16.7 Å². The number of methoxy groups -OCH3 is 1. The monoisotopic (exact) mass is 395 g/mol. The van der Waals surface area contributed by atoms with Crippen molar-refractivity contribution in [3.63, 3.8) is 0 Å². The smallest absolute Gasteiger partial charge is 0.231 e. The fourth-order valence-electron chi connectivity index (χ4n) is 4.44. The molecule has 0 fully saturated rings. The molecule has 0 bridgehead atoms. The number of nitrogens with zero attached hydrogens (tertiary/aromatic N) is 2. The quantitative estimate of drug-likeness (QED) is 0.837. The number of Topliss-reactive ketones (excluding diaryl/α,β-unsaturated/α-hetero) is 1. The Morgan fingerprint density at radius 3 is 2.79 bits per heavy atom. The van der Waals surface area contributed by atoms with Gasteiger partial charge in [-0.1, -0.05) is 19.9 Å². The van der Waals surface area contributed by atoms with E-state index in [-0.39, 0.29) is 18.0 Å². The molecule has 2 aliphatic heterocycles. The van der Waals surface area contributed by atoms with Crippen molar-refractivity contribution >= 4 is 5.78 Å². The molecule has 7 nitrogen and oxygen atoms in total. The molecule has 1 aromatic rings. The molecule has 0 saturated carbocycles. The van der Waals surface area contributed by atoms with Crippen LogP contribution in [-0.2, 0) is 9.53 Å². The van der Waals surface area contributed by atoms with Crippen LogP contribution in [0.5, 0.6) is 11.5 Å². The summed E-state index contributed by atoms with van der Waals surface area (Å²) >= 11 is 0. The lowest BCUT2D eigenvalue weighted by atomic mass is 9.68. The highest BCUT2D eigenvalue weighted by Crippen LogP contribution is 2.50. The maximum Gasteiger partial charge on any atom is 0.231 e. The van der Waals surface area contributed by atoms with Gasteiger partial charge in [-0.05, 0) is 29.5 Å². The lowest BCUT2D eigenvalue weighted by Gasteiger charge is -2.43. The second-order valence-electron chi connectivity index (χ2n) is 8.40. The first-order chi connectivity index (χ1) is 13.9. The van der Waals surface area contributed by atoms with Crippen molar-refractivity contribution in [2.24, 2.45) is 11.1 Å². The molecule has 2 N–H and O–H groups in total. The molecule has 1 aromatic carbocycles. The van der Waals surface area contributed by atoms with Crippen molar-refractivity contribution in [2.75, 3.05) is 27.1 Å². The minimum Gasteiger partial charge on any atom is -0.454 e. The molecule has 0 unspecified atom stereocenters. The van der Waals surface area contributed by atoms with Gasteiger partial charge in [-0.2, -0.15) is 5.26 Å². The van der Waals surface area contributed by atoms with E-state index in [0.717, 1.165) is 11.3 Å². The first-order valence-electron chi connectivity index (χ1n) is 9.68. The highest BCUT2D eigenvalue weighted by Gasteiger charge is 2.44. The topological polar surface area (TPSA) is 97.8 Å². The summed E-state index contributed by atoms with van der Waals surface area (Å²) in [6.45, 7) is 5.26. The fourth-order valence-corrected chi connectivity index (χ4v) is 4.44. The molecule has 3 aliphatic rings. The molecule has 0 amide bonds. The molecule has 7 heteroatoms. The summed E-state index contributed by atoms with van der Waals surface area (Å²) in [6, 6.07) is 7.81. The molecular weight excluding hydrogens is 370 g/mol. The predicted molar refractivity (Wildman–Crippen MR) is 106 cm³/mol. The Labute approximate surface area is 170 Å². The van der Waals surface area contributed by atoms with Gasteiger partial charge >= 0.3 is 0 Å². The largest absolute Gasteiger partial charge is 0.454 e. The number of carbonyl (C=O) groups is 1. The van der Waals surface area contributed by atoms with Gasteiger partial charge < -0.3 is 24.8 Å². The van der Waals surface area contributed by atoms with Crippen molar-refractivity contribution in [3.05, 3.63) is 46.4 Å². The van der Waals surface area contributed by atoms with E-state index in [1.54, 1.807) is 7.11 Å². The molecule has 0 spiro atoms. The Hall–Kier alpha value is -2.98. The summed E-state index contributed by atoms with van der Waals surface area (Å²) < 4.78 is 16.2. The summed E-state index contributed by atoms with van der Waals surface area (Å²) in [6.07, 6.45) is 1.14. The van der Waals surface area contributed by atoms with Crippen molar-refractivity contribution in [1.82, 2.24) is 4.90 Å². The number of ether oxygens (including phenoxy) is 3. The third kappa shape index (κ3) is 3.23. The number of hydrogen-bond acceptors (Lipinski definition) is 7. The zero-order valence-corrected chi connectivity index (χ0v) is 16.9. The minimum absolute atomic E-state index is 0.0570. The zero-order chi connectivity index (χ0) is 20.8. The van der Waals surface area contributed by atoms with E-state index in [9.17, 15) is 10.1 Å². The third-order valence-electron chi connectivity index (χ3n) is 5.74. The fraction of sp³-hybridized carbons (Fsp3) is 0.455. The van der Waals surface area contributed by atoms with Crippen LogP contribution >= 0.6 is 0 Å². The number of carbonyl (C=O) groups excluding carboxylic acids is 1. The van der Waals surface area contributed by atoms with Crippen molar-refractivity contribution in [3.8, 4) is 17.6 Å². The highest BCUT2D eigenvalue weighted by atomic mass is 16.7. The van der Waals surface area contributed by atoms with Gasteiger partial charge in [0.05, 0.1) is 24.2 Å². The number of ketones is 1. The lowest BCUT2D eigenvalue weighted by Crippen LogP contribution is -2.43. The Kier molecular flexibility index (Phi) is 4.75. The van der Waals surface area contributed by atoms with Crippen LogP contribution in [0.2, 0.25) is 0 Å². The van der Waals surface area contributed by atoms with E-state index in [2.05, 4.69) is 19.9 Å². The number of fused-ring (bicyclic) bond motifs is 1. The van der Waals surface area contributed by atoms with E-state index >= 15 is 0 Å². The molecule has 0 radical (unpaired) electrons. The molecule has 4 rings (SSSR count). The lowest BCUT2D eigenvalue weighted by molar-refractivity contribution is -0.118. The van der Waals surface area contributed by atoms with Crippen LogP contribution in [0.3, 0.4) is 0 Å². The van der Waals surface area contributed by atoms with Gasteiger partial charge in [0.15, 0.2) is 17.3 Å². The van der Waals surface area contributed by atoms with Gasteiger partial charge in [0.2, 0.25) is 6.79 Å². The zero-order valence-electron chi connectivity index (χ0n) is 16.9. The van der Waals surface area contributed by atoms with E-state index in [1.807, 2.05) is 23.1 Å². The third-order valence-corrected chi connectivity index (χ3v) is 5.74. The van der Waals surface area contributed by atoms with Gasteiger partial charge in [0.25, 0.3) is 0 Å². The first-order valence-corrected chi connectivity index (χ1v) is 9.68. The average Bonchev–Trinajstić information content (AvgIpc) is 3.13. The Bertz CT molecular complexity index is 971. The van der Waals surface area contributed by atoms with Crippen LogP contribution < -0.4 is 15.2 Å². The summed E-state index contributed by atoms with van der Waals surface area (Å²) in [5.41, 5.74) is 9.04. The maximum atomic E-state index is 13.3. The summed E-state index contributed by atoms with van der Waals surface area (Å²) in [5.74, 6) is 1.21. The number of benzene rings is 1. The maximum absolute atomic E-state index is 13.3. The summed E-state index contributed by atoms with van der Waals surface area (Å²) in [7, 11) is 1.62.